The van der Waals surface area contributed by atoms with E-state index in [1.54, 1.807) is 4.90 Å². The van der Waals surface area contributed by atoms with Crippen LogP contribution < -0.4 is 14.4 Å². The number of benzene rings is 2. The van der Waals surface area contributed by atoms with Crippen LogP contribution in [0.15, 0.2) is 48.5 Å². The lowest BCUT2D eigenvalue weighted by Gasteiger charge is -2.31. The van der Waals surface area contributed by atoms with Crippen molar-refractivity contribution < 1.29 is 14.3 Å². The Morgan fingerprint density at radius 1 is 1.12 bits per heavy atom. The number of carbonyl (C=O) groups is 1. The Morgan fingerprint density at radius 2 is 1.88 bits per heavy atom. The molecular weight excluding hydrogens is 316 g/mol. The van der Waals surface area contributed by atoms with E-state index >= 15 is 0 Å². The third-order valence-electron chi connectivity index (χ3n) is 4.27. The van der Waals surface area contributed by atoms with E-state index in [0.717, 1.165) is 17.2 Å². The summed E-state index contributed by atoms with van der Waals surface area (Å²) in [5, 5.41) is 0. The molecule has 1 unspecified atom stereocenters. The fourth-order valence-corrected chi connectivity index (χ4v) is 2.85. The monoisotopic (exact) mass is 340 g/mol. The van der Waals surface area contributed by atoms with Crippen LogP contribution in [-0.4, -0.2) is 50.7 Å². The highest BCUT2D eigenvalue weighted by molar-refractivity contribution is 5.95. The summed E-state index contributed by atoms with van der Waals surface area (Å²) in [7, 11) is 3.93. The Balaban J connectivity index is 1.70. The predicted molar refractivity (Wildman–Crippen MR) is 98.7 cm³/mol. The molecule has 1 heterocycles. The third kappa shape index (κ3) is 3.87. The van der Waals surface area contributed by atoms with Gasteiger partial charge >= 0.3 is 0 Å². The molecule has 132 valence electrons. The summed E-state index contributed by atoms with van der Waals surface area (Å²) in [5.74, 6) is 1.50. The van der Waals surface area contributed by atoms with Crippen LogP contribution in [0.1, 0.15) is 17.3 Å². The van der Waals surface area contributed by atoms with Crippen molar-refractivity contribution in [1.29, 1.82) is 0 Å². The van der Waals surface area contributed by atoms with Gasteiger partial charge in [0.15, 0.2) is 17.6 Å². The Hall–Kier alpha value is -2.69. The number of carbonyl (C=O) groups excluding carboxylic acids is 1. The van der Waals surface area contributed by atoms with Crippen molar-refractivity contribution in [2.45, 2.75) is 13.0 Å². The maximum atomic E-state index is 12.9. The number of anilines is 1. The van der Waals surface area contributed by atoms with Gasteiger partial charge in [0.1, 0.15) is 6.61 Å². The maximum Gasteiger partial charge on any atom is 0.254 e. The number of para-hydroxylation sites is 2. The molecule has 0 aliphatic carbocycles. The Labute approximate surface area is 148 Å². The minimum Gasteiger partial charge on any atom is -0.486 e. The van der Waals surface area contributed by atoms with Crippen LogP contribution in [-0.2, 0) is 0 Å². The molecular formula is C20H24N2O3. The summed E-state index contributed by atoms with van der Waals surface area (Å²) in [6, 6.07) is 15.3. The molecule has 0 saturated carbocycles. The molecule has 1 aliphatic heterocycles. The van der Waals surface area contributed by atoms with Gasteiger partial charge in [-0.3, -0.25) is 4.79 Å². The molecule has 0 N–H and O–H groups in total. The standard InChI is InChI=1S/C20H24N2O3/c1-4-22(20(23)15-8-7-9-16(12-15)21(2)3)13-17-14-24-18-10-5-6-11-19(18)25-17/h5-12,17H,4,13-14H2,1-3H3. The van der Waals surface area contributed by atoms with Crippen LogP contribution in [0, 0.1) is 0 Å². The molecule has 1 aliphatic rings. The smallest absolute Gasteiger partial charge is 0.254 e. The topological polar surface area (TPSA) is 42.0 Å². The molecule has 25 heavy (non-hydrogen) atoms. The summed E-state index contributed by atoms with van der Waals surface area (Å²) in [4.78, 5) is 16.7. The maximum absolute atomic E-state index is 12.9. The van der Waals surface area contributed by atoms with Gasteiger partial charge < -0.3 is 19.3 Å². The molecule has 3 rings (SSSR count). The number of rotatable bonds is 5. The molecule has 0 spiro atoms. The zero-order valence-electron chi connectivity index (χ0n) is 14.9. The first-order valence-corrected chi connectivity index (χ1v) is 8.53. The number of hydrogen-bond donors (Lipinski definition) is 0. The average Bonchev–Trinajstić information content (AvgIpc) is 2.65. The number of amides is 1. The lowest BCUT2D eigenvalue weighted by atomic mass is 10.1. The average molecular weight is 340 g/mol. The van der Waals surface area contributed by atoms with Crippen molar-refractivity contribution in [2.24, 2.45) is 0 Å². The zero-order valence-corrected chi connectivity index (χ0v) is 14.9. The van der Waals surface area contributed by atoms with Gasteiger partial charge in [-0.25, -0.2) is 0 Å². The van der Waals surface area contributed by atoms with Gasteiger partial charge in [0, 0.05) is 31.9 Å². The summed E-state index contributed by atoms with van der Waals surface area (Å²) in [6.45, 7) is 3.53. The molecule has 0 bridgehead atoms. The van der Waals surface area contributed by atoms with Crippen LogP contribution in [0.25, 0.3) is 0 Å². The van der Waals surface area contributed by atoms with Crippen LogP contribution >= 0.6 is 0 Å². The Morgan fingerprint density at radius 3 is 2.60 bits per heavy atom. The molecule has 0 aromatic heterocycles. The van der Waals surface area contributed by atoms with Crippen molar-refractivity contribution in [1.82, 2.24) is 4.90 Å². The molecule has 2 aromatic carbocycles. The molecule has 0 saturated heterocycles. The Kier molecular flexibility index (Phi) is 5.12. The van der Waals surface area contributed by atoms with E-state index in [1.165, 1.54) is 0 Å². The van der Waals surface area contributed by atoms with Gasteiger partial charge in [-0.2, -0.15) is 0 Å². The molecule has 5 heteroatoms. The van der Waals surface area contributed by atoms with Gasteiger partial charge in [-0.15, -0.1) is 0 Å². The first-order valence-electron chi connectivity index (χ1n) is 8.53. The normalized spacial score (nSPS) is 15.6. The minimum absolute atomic E-state index is 0.00802. The summed E-state index contributed by atoms with van der Waals surface area (Å²) >= 11 is 0. The SMILES string of the molecule is CCN(CC1COc2ccccc2O1)C(=O)c1cccc(N(C)C)c1. The van der Waals surface area contributed by atoms with E-state index < -0.39 is 0 Å². The number of nitrogens with zero attached hydrogens (tertiary/aromatic N) is 2. The van der Waals surface area contributed by atoms with E-state index in [-0.39, 0.29) is 12.0 Å². The summed E-state index contributed by atoms with van der Waals surface area (Å²) < 4.78 is 11.7. The lowest BCUT2D eigenvalue weighted by molar-refractivity contribution is 0.0475. The number of likely N-dealkylation sites (N-methyl/N-ethyl adjacent to an activating group) is 1. The molecule has 1 amide bonds. The van der Waals surface area contributed by atoms with Crippen LogP contribution in [0.2, 0.25) is 0 Å². The zero-order chi connectivity index (χ0) is 17.8. The second-order valence-electron chi connectivity index (χ2n) is 6.29. The fourth-order valence-electron chi connectivity index (χ4n) is 2.85. The van der Waals surface area contributed by atoms with E-state index in [0.29, 0.717) is 25.3 Å². The largest absolute Gasteiger partial charge is 0.486 e. The van der Waals surface area contributed by atoms with E-state index in [9.17, 15) is 4.79 Å². The number of ether oxygens (including phenoxy) is 2. The van der Waals surface area contributed by atoms with Gasteiger partial charge in [-0.1, -0.05) is 18.2 Å². The van der Waals surface area contributed by atoms with E-state index in [4.69, 9.17) is 9.47 Å². The first-order chi connectivity index (χ1) is 12.1. The second kappa shape index (κ2) is 7.47. The van der Waals surface area contributed by atoms with Gasteiger partial charge in [0.2, 0.25) is 0 Å². The molecule has 2 aromatic rings. The number of hydrogen-bond acceptors (Lipinski definition) is 4. The Bertz CT molecular complexity index is 745. The summed E-state index contributed by atoms with van der Waals surface area (Å²) in [5.41, 5.74) is 1.69. The van der Waals surface area contributed by atoms with Crippen LogP contribution in [0.4, 0.5) is 5.69 Å². The highest BCUT2D eigenvalue weighted by atomic mass is 16.6. The van der Waals surface area contributed by atoms with Gasteiger partial charge in [0.25, 0.3) is 5.91 Å². The van der Waals surface area contributed by atoms with E-state index in [2.05, 4.69) is 0 Å². The van der Waals surface area contributed by atoms with Crippen molar-refractivity contribution in [2.75, 3.05) is 38.7 Å². The lowest BCUT2D eigenvalue weighted by Crippen LogP contribution is -2.43. The van der Waals surface area contributed by atoms with Crippen molar-refractivity contribution in [3.8, 4) is 11.5 Å². The predicted octanol–water partition coefficient (Wildman–Crippen LogP) is 3.05. The fraction of sp³-hybridized carbons (Fsp3) is 0.350. The van der Waals surface area contributed by atoms with E-state index in [1.807, 2.05) is 74.4 Å². The van der Waals surface area contributed by atoms with Crippen LogP contribution in [0.3, 0.4) is 0 Å². The highest BCUT2D eigenvalue weighted by Crippen LogP contribution is 2.31. The highest BCUT2D eigenvalue weighted by Gasteiger charge is 2.25. The van der Waals surface area contributed by atoms with Crippen LogP contribution in [0.5, 0.6) is 11.5 Å². The summed E-state index contributed by atoms with van der Waals surface area (Å²) in [6.07, 6.45) is -0.171. The third-order valence-corrected chi connectivity index (χ3v) is 4.27. The van der Waals surface area contributed by atoms with Crippen molar-refractivity contribution >= 4 is 11.6 Å². The number of fused-ring (bicyclic) bond motifs is 1. The first kappa shape index (κ1) is 17.1. The molecule has 0 fully saturated rings. The second-order valence-corrected chi connectivity index (χ2v) is 6.29. The molecule has 5 nitrogen and oxygen atoms in total. The molecule has 0 radical (unpaired) electrons. The minimum atomic E-state index is -0.171. The molecule has 1 atom stereocenters. The quantitative estimate of drug-likeness (QED) is 0.839. The van der Waals surface area contributed by atoms with Gasteiger partial charge in [-0.05, 0) is 37.3 Å². The van der Waals surface area contributed by atoms with Gasteiger partial charge in [0.05, 0.1) is 6.54 Å². The van der Waals surface area contributed by atoms with Crippen molar-refractivity contribution in [3.63, 3.8) is 0 Å². The van der Waals surface area contributed by atoms with Crippen molar-refractivity contribution in [3.05, 3.63) is 54.1 Å².